The van der Waals surface area contributed by atoms with Crippen molar-refractivity contribution >= 4 is 44.0 Å². The monoisotopic (exact) mass is 422 g/mol. The third-order valence-corrected chi connectivity index (χ3v) is 6.43. The van der Waals surface area contributed by atoms with Gasteiger partial charge in [0, 0.05) is 6.54 Å². The normalized spacial score (nSPS) is 13.2. The van der Waals surface area contributed by atoms with Crippen LogP contribution in [0.4, 0.5) is 0 Å². The minimum atomic E-state index is -3.72. The zero-order chi connectivity index (χ0) is 19.6. The Morgan fingerprint density at radius 3 is 2.30 bits per heavy atom. The fourth-order valence-electron chi connectivity index (χ4n) is 2.89. The first-order chi connectivity index (χ1) is 12.8. The molecule has 142 valence electrons. The van der Waals surface area contributed by atoms with Gasteiger partial charge in [-0.2, -0.15) is 0 Å². The van der Waals surface area contributed by atoms with Crippen LogP contribution < -0.4 is 4.72 Å². The number of nitrogens with zero attached hydrogens (tertiary/aromatic N) is 1. The lowest BCUT2D eigenvalue weighted by molar-refractivity contribution is 0.363. The number of sulfonamides is 1. The van der Waals surface area contributed by atoms with Crippen molar-refractivity contribution in [3.05, 3.63) is 76.3 Å². The van der Waals surface area contributed by atoms with E-state index in [1.807, 2.05) is 49.3 Å². The van der Waals surface area contributed by atoms with E-state index in [1.54, 1.807) is 30.3 Å². The van der Waals surface area contributed by atoms with Crippen molar-refractivity contribution in [2.24, 2.45) is 0 Å². The zero-order valence-electron chi connectivity index (χ0n) is 15.0. The highest BCUT2D eigenvalue weighted by Gasteiger charge is 2.23. The fraction of sp³-hybridized carbons (Fsp3) is 0.200. The Hall–Kier alpha value is -1.63. The first-order valence-electron chi connectivity index (χ1n) is 8.37. The van der Waals surface area contributed by atoms with Gasteiger partial charge in [0.05, 0.1) is 21.0 Å². The van der Waals surface area contributed by atoms with Gasteiger partial charge in [0.1, 0.15) is 0 Å². The van der Waals surface area contributed by atoms with Gasteiger partial charge < -0.3 is 4.90 Å². The summed E-state index contributed by atoms with van der Waals surface area (Å²) in [6.07, 6.45) is 0. The summed E-state index contributed by atoms with van der Waals surface area (Å²) >= 11 is 12.1. The molecule has 27 heavy (non-hydrogen) atoms. The highest BCUT2D eigenvalue weighted by atomic mass is 35.5. The largest absolute Gasteiger partial charge is 0.307 e. The summed E-state index contributed by atoms with van der Waals surface area (Å²) in [7, 11) is 0.0471. The molecule has 0 saturated heterocycles. The highest BCUT2D eigenvalue weighted by molar-refractivity contribution is 7.89. The van der Waals surface area contributed by atoms with Crippen LogP contribution in [0.2, 0.25) is 10.0 Å². The van der Waals surface area contributed by atoms with E-state index in [0.717, 1.165) is 16.3 Å². The van der Waals surface area contributed by atoms with Crippen molar-refractivity contribution < 1.29 is 8.42 Å². The van der Waals surface area contributed by atoms with Crippen molar-refractivity contribution in [3.8, 4) is 0 Å². The first kappa shape index (κ1) is 20.1. The number of hydrogen-bond acceptors (Lipinski definition) is 3. The Kier molecular flexibility index (Phi) is 6.08. The highest BCUT2D eigenvalue weighted by Crippen LogP contribution is 2.27. The minimum Gasteiger partial charge on any atom is -0.307 e. The molecule has 0 spiro atoms. The van der Waals surface area contributed by atoms with Gasteiger partial charge in [0.2, 0.25) is 10.0 Å². The molecule has 3 rings (SSSR count). The molecule has 1 atom stereocenters. The molecule has 0 aliphatic heterocycles. The number of rotatable bonds is 6. The van der Waals surface area contributed by atoms with Gasteiger partial charge >= 0.3 is 0 Å². The second-order valence-corrected chi connectivity index (χ2v) is 9.15. The van der Waals surface area contributed by atoms with Crippen molar-refractivity contribution in [2.45, 2.75) is 10.9 Å². The molecule has 0 aliphatic rings. The molecule has 0 aliphatic carbocycles. The molecule has 0 heterocycles. The molecule has 0 saturated carbocycles. The maximum absolute atomic E-state index is 13.0. The van der Waals surface area contributed by atoms with E-state index in [4.69, 9.17) is 23.2 Å². The molecule has 0 radical (unpaired) electrons. The van der Waals surface area contributed by atoms with Crippen LogP contribution in [0, 0.1) is 0 Å². The number of halogens is 2. The van der Waals surface area contributed by atoms with E-state index >= 15 is 0 Å². The molecule has 3 aromatic carbocycles. The standard InChI is InChI=1S/C20H20Cl2N2O2S/c1-24(2)13-20(16-8-10-18(21)19(22)12-16)23-27(25,26)17-9-7-14-5-3-4-6-15(14)11-17/h3-12,20,23H,13H2,1-2H3/t20-/m0/s1. The maximum atomic E-state index is 13.0. The van der Waals surface area contributed by atoms with Crippen LogP contribution in [-0.4, -0.2) is 34.0 Å². The average molecular weight is 423 g/mol. The van der Waals surface area contributed by atoms with Crippen molar-refractivity contribution in [1.29, 1.82) is 0 Å². The van der Waals surface area contributed by atoms with Gasteiger partial charge in [0.15, 0.2) is 0 Å². The molecule has 0 amide bonds. The molecule has 7 heteroatoms. The molecule has 4 nitrogen and oxygen atoms in total. The second kappa shape index (κ2) is 8.17. The van der Waals surface area contributed by atoms with Crippen LogP contribution >= 0.6 is 23.2 Å². The topological polar surface area (TPSA) is 49.4 Å². The quantitative estimate of drug-likeness (QED) is 0.624. The van der Waals surface area contributed by atoms with Crippen LogP contribution in [0.3, 0.4) is 0 Å². The third-order valence-electron chi connectivity index (χ3n) is 4.22. The van der Waals surface area contributed by atoms with Gasteiger partial charge in [0.25, 0.3) is 0 Å². The van der Waals surface area contributed by atoms with Gasteiger partial charge in [-0.15, -0.1) is 0 Å². The zero-order valence-corrected chi connectivity index (χ0v) is 17.3. The summed E-state index contributed by atoms with van der Waals surface area (Å²) in [6.45, 7) is 0.477. The van der Waals surface area contributed by atoms with Crippen LogP contribution in [0.15, 0.2) is 65.6 Å². The lowest BCUT2D eigenvalue weighted by Crippen LogP contribution is -2.35. The third kappa shape index (κ3) is 4.81. The van der Waals surface area contributed by atoms with Crippen molar-refractivity contribution in [1.82, 2.24) is 9.62 Å². The van der Waals surface area contributed by atoms with Crippen LogP contribution in [0.25, 0.3) is 10.8 Å². The Balaban J connectivity index is 1.96. The molecular weight excluding hydrogens is 403 g/mol. The van der Waals surface area contributed by atoms with Crippen molar-refractivity contribution in [2.75, 3.05) is 20.6 Å². The first-order valence-corrected chi connectivity index (χ1v) is 10.6. The van der Waals surface area contributed by atoms with Crippen LogP contribution in [-0.2, 0) is 10.0 Å². The minimum absolute atomic E-state index is 0.227. The molecule has 0 aromatic heterocycles. The van der Waals surface area contributed by atoms with E-state index < -0.39 is 16.1 Å². The molecular formula is C20H20Cl2N2O2S. The van der Waals surface area contributed by atoms with E-state index in [0.29, 0.717) is 16.6 Å². The lowest BCUT2D eigenvalue weighted by atomic mass is 10.1. The van der Waals surface area contributed by atoms with Crippen molar-refractivity contribution in [3.63, 3.8) is 0 Å². The lowest BCUT2D eigenvalue weighted by Gasteiger charge is -2.23. The number of likely N-dealkylation sites (N-methyl/N-ethyl adjacent to an activating group) is 1. The number of fused-ring (bicyclic) bond motifs is 1. The Morgan fingerprint density at radius 2 is 1.63 bits per heavy atom. The van der Waals surface area contributed by atoms with Gasteiger partial charge in [-0.3, -0.25) is 0 Å². The number of benzene rings is 3. The molecule has 0 bridgehead atoms. The van der Waals surface area contributed by atoms with E-state index in [2.05, 4.69) is 4.72 Å². The van der Waals surface area contributed by atoms with E-state index in [1.165, 1.54) is 0 Å². The SMILES string of the molecule is CN(C)C[C@H](NS(=O)(=O)c1ccc2ccccc2c1)c1ccc(Cl)c(Cl)c1. The molecule has 3 aromatic rings. The van der Waals surface area contributed by atoms with Gasteiger partial charge in [-0.25, -0.2) is 13.1 Å². The van der Waals surface area contributed by atoms with E-state index in [-0.39, 0.29) is 4.90 Å². The van der Waals surface area contributed by atoms with E-state index in [9.17, 15) is 8.42 Å². The average Bonchev–Trinajstić information content (AvgIpc) is 2.62. The summed E-state index contributed by atoms with van der Waals surface area (Å²) in [5.74, 6) is 0. The second-order valence-electron chi connectivity index (χ2n) is 6.62. The predicted molar refractivity (Wildman–Crippen MR) is 112 cm³/mol. The number of hydrogen-bond donors (Lipinski definition) is 1. The summed E-state index contributed by atoms with van der Waals surface area (Å²) in [6, 6.07) is 17.4. The Morgan fingerprint density at radius 1 is 0.926 bits per heavy atom. The van der Waals surface area contributed by atoms with Crippen LogP contribution in [0.1, 0.15) is 11.6 Å². The fourth-order valence-corrected chi connectivity index (χ4v) is 4.45. The molecule has 1 N–H and O–H groups in total. The summed E-state index contributed by atoms with van der Waals surface area (Å²) in [4.78, 5) is 2.14. The molecule has 0 unspecified atom stereocenters. The Bertz CT molecular complexity index is 1070. The van der Waals surface area contributed by atoms with Gasteiger partial charge in [-0.05, 0) is 54.7 Å². The smallest absolute Gasteiger partial charge is 0.241 e. The molecule has 0 fully saturated rings. The van der Waals surface area contributed by atoms with Gasteiger partial charge in [-0.1, -0.05) is 59.6 Å². The summed E-state index contributed by atoms with van der Waals surface area (Å²) < 4.78 is 28.8. The predicted octanol–water partition coefficient (Wildman–Crippen LogP) is 4.73. The van der Waals surface area contributed by atoms with Crippen LogP contribution in [0.5, 0.6) is 0 Å². The summed E-state index contributed by atoms with van der Waals surface area (Å²) in [5.41, 5.74) is 0.752. The Labute approximate surface area is 169 Å². The summed E-state index contributed by atoms with van der Waals surface area (Å²) in [5, 5.41) is 2.69. The maximum Gasteiger partial charge on any atom is 0.241 e. The number of nitrogens with one attached hydrogen (secondary N) is 1.